The second-order valence-electron chi connectivity index (χ2n) is 7.42. The minimum Gasteiger partial charge on any atom is -0.465 e. The number of ether oxygens (including phenoxy) is 4. The summed E-state index contributed by atoms with van der Waals surface area (Å²) in [5.41, 5.74) is 1.28. The van der Waals surface area contributed by atoms with E-state index in [0.717, 1.165) is 16.5 Å². The number of aryl methyl sites for hydroxylation is 1. The average Bonchev–Trinajstić information content (AvgIpc) is 3.41. The van der Waals surface area contributed by atoms with E-state index >= 15 is 0 Å². The fraction of sp³-hybridized carbons (Fsp3) is 0.208. The van der Waals surface area contributed by atoms with Gasteiger partial charge >= 0.3 is 11.9 Å². The van der Waals surface area contributed by atoms with Gasteiger partial charge in [0.1, 0.15) is 16.4 Å². The quantitative estimate of drug-likeness (QED) is 0.449. The van der Waals surface area contributed by atoms with Crippen LogP contribution in [0.1, 0.15) is 36.7 Å². The Morgan fingerprint density at radius 2 is 1.89 bits per heavy atom. The number of benzene rings is 2. The van der Waals surface area contributed by atoms with Crippen molar-refractivity contribution in [3.05, 3.63) is 74.4 Å². The molecule has 1 aromatic heterocycles. The van der Waals surface area contributed by atoms with E-state index in [2.05, 4.69) is 5.32 Å². The van der Waals surface area contributed by atoms with Crippen molar-refractivity contribution < 1.29 is 37.7 Å². The van der Waals surface area contributed by atoms with Crippen LogP contribution < -0.4 is 14.8 Å². The van der Waals surface area contributed by atoms with Crippen LogP contribution in [0, 0.1) is 12.7 Å². The minimum atomic E-state index is -1.08. The number of nitrogens with one attached hydrogen (secondary N) is 1. The molecule has 0 saturated heterocycles. The highest BCUT2D eigenvalue weighted by molar-refractivity contribution is 7.16. The zero-order valence-corrected chi connectivity index (χ0v) is 20.2. The summed E-state index contributed by atoms with van der Waals surface area (Å²) in [7, 11) is 1.24. The molecule has 0 atom stereocenters. The lowest BCUT2D eigenvalue weighted by atomic mass is 10.0. The number of thiophene rings is 1. The molecule has 0 fully saturated rings. The number of fused-ring (bicyclic) bond motifs is 1. The molecule has 0 unspecified atom stereocenters. The Labute approximate surface area is 208 Å². The fourth-order valence-corrected chi connectivity index (χ4v) is 4.83. The van der Waals surface area contributed by atoms with Gasteiger partial charge in [-0.05, 0) is 48.7 Å². The molecule has 0 aliphatic carbocycles. The fourth-order valence-electron chi connectivity index (χ4n) is 3.51. The van der Waals surface area contributed by atoms with Gasteiger partial charge in [-0.25, -0.2) is 14.0 Å². The molecule has 0 spiro atoms. The number of hydrogen-bond donors (Lipinski definition) is 1. The first kappa shape index (κ1) is 24.5. The normalized spacial score (nSPS) is 11.8. The van der Waals surface area contributed by atoms with E-state index in [9.17, 15) is 18.8 Å². The molecule has 4 rings (SSSR count). The van der Waals surface area contributed by atoms with Gasteiger partial charge in [0.15, 0.2) is 18.1 Å². The van der Waals surface area contributed by atoms with E-state index in [1.54, 1.807) is 6.07 Å². The zero-order chi connectivity index (χ0) is 25.1. The maximum Gasteiger partial charge on any atom is 0.343 e. The highest BCUT2D eigenvalue weighted by Crippen LogP contribution is 2.37. The Morgan fingerprint density at radius 3 is 2.63 bits per heavy atom. The third kappa shape index (κ3) is 5.23. The topological polar surface area (TPSA) is 100 Å². The van der Waals surface area contributed by atoms with Gasteiger partial charge in [-0.15, -0.1) is 11.3 Å². The standard InChI is InChI=1S/C24H19ClFNO7S/c1-12-14(8-13-6-7-17-18(9-13)34-11-33-17)20(23(29)31-2)22(35-12)27-19(28)10-32-24(30)21-15(25)4-3-5-16(21)26/h3-7,9H,8,10-11H2,1-2H3,(H,27,28). The molecule has 35 heavy (non-hydrogen) atoms. The number of amides is 1. The van der Waals surface area contributed by atoms with Gasteiger partial charge in [-0.2, -0.15) is 0 Å². The summed E-state index contributed by atoms with van der Waals surface area (Å²) < 4.78 is 34.5. The summed E-state index contributed by atoms with van der Waals surface area (Å²) in [6, 6.07) is 9.20. The summed E-state index contributed by atoms with van der Waals surface area (Å²) in [6.07, 6.45) is 0.375. The van der Waals surface area contributed by atoms with Gasteiger partial charge in [0.05, 0.1) is 17.7 Å². The van der Waals surface area contributed by atoms with Crippen LogP contribution in [0.25, 0.3) is 0 Å². The number of carbonyl (C=O) groups excluding carboxylic acids is 3. The molecule has 1 aliphatic rings. The summed E-state index contributed by atoms with van der Waals surface area (Å²) in [5, 5.41) is 2.69. The Balaban J connectivity index is 1.51. The van der Waals surface area contributed by atoms with Crippen LogP contribution in [-0.2, 0) is 20.7 Å². The molecule has 2 heterocycles. The average molecular weight is 520 g/mol. The number of esters is 2. The highest BCUT2D eigenvalue weighted by atomic mass is 35.5. The van der Waals surface area contributed by atoms with E-state index in [1.165, 1.54) is 30.6 Å². The Morgan fingerprint density at radius 1 is 1.11 bits per heavy atom. The first-order valence-electron chi connectivity index (χ1n) is 10.3. The van der Waals surface area contributed by atoms with E-state index in [4.69, 9.17) is 30.5 Å². The van der Waals surface area contributed by atoms with Crippen molar-refractivity contribution in [3.8, 4) is 11.5 Å². The van der Waals surface area contributed by atoms with Gasteiger partial charge in [0.25, 0.3) is 5.91 Å². The van der Waals surface area contributed by atoms with Crippen molar-refractivity contribution in [2.24, 2.45) is 0 Å². The number of anilines is 1. The van der Waals surface area contributed by atoms with Crippen molar-refractivity contribution in [1.82, 2.24) is 0 Å². The van der Waals surface area contributed by atoms with E-state index in [-0.39, 0.29) is 22.4 Å². The van der Waals surface area contributed by atoms with Crippen molar-refractivity contribution in [2.45, 2.75) is 13.3 Å². The number of carbonyl (C=O) groups is 3. The maximum atomic E-state index is 13.9. The lowest BCUT2D eigenvalue weighted by Gasteiger charge is -2.09. The SMILES string of the molecule is COC(=O)c1c(NC(=O)COC(=O)c2c(F)cccc2Cl)sc(C)c1Cc1ccc2c(c1)OCO2. The highest BCUT2D eigenvalue weighted by Gasteiger charge is 2.26. The van der Waals surface area contributed by atoms with Gasteiger partial charge < -0.3 is 24.3 Å². The molecule has 2 aromatic carbocycles. The van der Waals surface area contributed by atoms with Gasteiger partial charge in [-0.1, -0.05) is 23.7 Å². The molecular weight excluding hydrogens is 501 g/mol. The molecule has 8 nitrogen and oxygen atoms in total. The summed E-state index contributed by atoms with van der Waals surface area (Å²) in [6.45, 7) is 1.25. The van der Waals surface area contributed by atoms with Crippen LogP contribution in [0.3, 0.4) is 0 Å². The lowest BCUT2D eigenvalue weighted by Crippen LogP contribution is -2.22. The van der Waals surface area contributed by atoms with Crippen LogP contribution in [0.15, 0.2) is 36.4 Å². The Bertz CT molecular complexity index is 1300. The van der Waals surface area contributed by atoms with E-state index in [1.807, 2.05) is 19.1 Å². The molecule has 1 aliphatic heterocycles. The summed E-state index contributed by atoms with van der Waals surface area (Å²) >= 11 is 7.04. The monoisotopic (exact) mass is 519 g/mol. The third-order valence-corrected chi connectivity index (χ3v) is 6.55. The zero-order valence-electron chi connectivity index (χ0n) is 18.6. The molecule has 0 bridgehead atoms. The lowest BCUT2D eigenvalue weighted by molar-refractivity contribution is -0.119. The van der Waals surface area contributed by atoms with Gasteiger partial charge in [0.2, 0.25) is 6.79 Å². The molecular formula is C24H19ClFNO7S. The predicted octanol–water partition coefficient (Wildman–Crippen LogP) is 4.75. The Kier molecular flexibility index (Phi) is 7.23. The molecule has 3 aromatic rings. The van der Waals surface area contributed by atoms with Crippen LogP contribution in [0.4, 0.5) is 9.39 Å². The van der Waals surface area contributed by atoms with Crippen LogP contribution in [0.5, 0.6) is 11.5 Å². The number of rotatable bonds is 7. The second-order valence-corrected chi connectivity index (χ2v) is 9.05. The number of hydrogen-bond acceptors (Lipinski definition) is 8. The van der Waals surface area contributed by atoms with Crippen molar-refractivity contribution in [2.75, 3.05) is 25.8 Å². The number of methoxy groups -OCH3 is 1. The first-order chi connectivity index (χ1) is 16.8. The minimum absolute atomic E-state index is 0.134. The van der Waals surface area contributed by atoms with Crippen molar-refractivity contribution in [3.63, 3.8) is 0 Å². The van der Waals surface area contributed by atoms with Crippen LogP contribution in [-0.4, -0.2) is 38.4 Å². The molecule has 11 heteroatoms. The molecule has 1 N–H and O–H groups in total. The third-order valence-electron chi connectivity index (χ3n) is 5.17. The maximum absolute atomic E-state index is 13.9. The van der Waals surface area contributed by atoms with Crippen molar-refractivity contribution >= 4 is 45.8 Å². The number of halogens is 2. The first-order valence-corrected chi connectivity index (χ1v) is 11.5. The van der Waals surface area contributed by atoms with E-state index in [0.29, 0.717) is 23.5 Å². The smallest absolute Gasteiger partial charge is 0.343 e. The van der Waals surface area contributed by atoms with E-state index < -0.39 is 35.8 Å². The summed E-state index contributed by atoms with van der Waals surface area (Å²) in [5.74, 6) is -2.04. The van der Waals surface area contributed by atoms with Crippen molar-refractivity contribution in [1.29, 1.82) is 0 Å². The molecule has 0 saturated carbocycles. The second kappa shape index (κ2) is 10.3. The molecule has 1 amide bonds. The van der Waals surface area contributed by atoms with Crippen LogP contribution >= 0.6 is 22.9 Å². The largest absolute Gasteiger partial charge is 0.465 e. The predicted molar refractivity (Wildman–Crippen MR) is 126 cm³/mol. The molecule has 0 radical (unpaired) electrons. The van der Waals surface area contributed by atoms with Crippen LogP contribution in [0.2, 0.25) is 5.02 Å². The van der Waals surface area contributed by atoms with Gasteiger partial charge in [0, 0.05) is 4.88 Å². The molecule has 182 valence electrons. The van der Waals surface area contributed by atoms with Gasteiger partial charge in [-0.3, -0.25) is 4.79 Å². The summed E-state index contributed by atoms with van der Waals surface area (Å²) in [4.78, 5) is 38.1. The Hall–Kier alpha value is -3.63.